The van der Waals surface area contributed by atoms with Crippen LogP contribution in [0.2, 0.25) is 0 Å². The van der Waals surface area contributed by atoms with Crippen molar-refractivity contribution in [1.82, 2.24) is 25.2 Å². The van der Waals surface area contributed by atoms with E-state index in [1.807, 2.05) is 38.1 Å². The number of carbonyl (C=O) groups is 2. The SMILES string of the molecule is Cc1ncc(C(=O)N(C)C)c(-c2ccc(CNC(=O)c3sc(C)nc3C)cc2)n1. The molecule has 0 atom stereocenters. The molecule has 0 radical (unpaired) electrons. The smallest absolute Gasteiger partial charge is 0.263 e. The monoisotopic (exact) mass is 409 g/mol. The van der Waals surface area contributed by atoms with Gasteiger partial charge >= 0.3 is 0 Å². The summed E-state index contributed by atoms with van der Waals surface area (Å²) in [5.74, 6) is 0.330. The van der Waals surface area contributed by atoms with Crippen LogP contribution in [0.15, 0.2) is 30.5 Å². The lowest BCUT2D eigenvalue weighted by molar-refractivity contribution is 0.0827. The highest BCUT2D eigenvalue weighted by molar-refractivity contribution is 7.13. The molecule has 2 aromatic heterocycles. The van der Waals surface area contributed by atoms with Crippen molar-refractivity contribution >= 4 is 23.2 Å². The minimum atomic E-state index is -0.147. The number of amides is 2. The Hall–Kier alpha value is -3.13. The zero-order chi connectivity index (χ0) is 21.1. The van der Waals surface area contributed by atoms with Crippen molar-refractivity contribution in [2.75, 3.05) is 14.1 Å². The zero-order valence-electron chi connectivity index (χ0n) is 17.1. The molecule has 0 fully saturated rings. The van der Waals surface area contributed by atoms with Gasteiger partial charge in [0.2, 0.25) is 0 Å². The topological polar surface area (TPSA) is 88.1 Å². The summed E-state index contributed by atoms with van der Waals surface area (Å²) in [6, 6.07) is 7.64. The van der Waals surface area contributed by atoms with Crippen LogP contribution in [0, 0.1) is 20.8 Å². The second kappa shape index (κ2) is 8.48. The van der Waals surface area contributed by atoms with Crippen molar-refractivity contribution < 1.29 is 9.59 Å². The number of hydrogen-bond acceptors (Lipinski definition) is 6. The molecule has 3 aromatic rings. The van der Waals surface area contributed by atoms with Gasteiger partial charge in [-0.25, -0.2) is 15.0 Å². The van der Waals surface area contributed by atoms with Crippen molar-refractivity contribution in [3.8, 4) is 11.3 Å². The number of carbonyl (C=O) groups excluding carboxylic acids is 2. The summed E-state index contributed by atoms with van der Waals surface area (Å²) in [4.78, 5) is 39.9. The van der Waals surface area contributed by atoms with Crippen LogP contribution >= 0.6 is 11.3 Å². The van der Waals surface area contributed by atoms with Crippen LogP contribution in [-0.2, 0) is 6.54 Å². The summed E-state index contributed by atoms with van der Waals surface area (Å²) in [5.41, 5.74) is 3.58. The van der Waals surface area contributed by atoms with Crippen LogP contribution < -0.4 is 5.32 Å². The first-order valence-electron chi connectivity index (χ1n) is 9.13. The second-order valence-electron chi connectivity index (χ2n) is 6.91. The first kappa shape index (κ1) is 20.6. The van der Waals surface area contributed by atoms with E-state index in [4.69, 9.17) is 0 Å². The van der Waals surface area contributed by atoms with Gasteiger partial charge in [-0.2, -0.15) is 0 Å². The number of benzene rings is 1. The molecule has 3 rings (SSSR count). The summed E-state index contributed by atoms with van der Waals surface area (Å²) in [7, 11) is 3.40. The lowest BCUT2D eigenvalue weighted by atomic mass is 10.0. The quantitative estimate of drug-likeness (QED) is 0.699. The third kappa shape index (κ3) is 4.65. The van der Waals surface area contributed by atoms with E-state index >= 15 is 0 Å². The highest BCUT2D eigenvalue weighted by atomic mass is 32.1. The predicted molar refractivity (Wildman–Crippen MR) is 113 cm³/mol. The lowest BCUT2D eigenvalue weighted by Crippen LogP contribution is -2.23. The van der Waals surface area contributed by atoms with Gasteiger partial charge in [-0.05, 0) is 26.3 Å². The van der Waals surface area contributed by atoms with Crippen LogP contribution in [0.3, 0.4) is 0 Å². The Morgan fingerprint density at radius 1 is 1.07 bits per heavy atom. The highest BCUT2D eigenvalue weighted by Gasteiger charge is 2.17. The van der Waals surface area contributed by atoms with Crippen molar-refractivity contribution in [1.29, 1.82) is 0 Å². The van der Waals surface area contributed by atoms with Gasteiger partial charge in [-0.1, -0.05) is 24.3 Å². The Morgan fingerprint density at radius 2 is 1.76 bits per heavy atom. The average molecular weight is 410 g/mol. The van der Waals surface area contributed by atoms with E-state index in [0.29, 0.717) is 28.5 Å². The lowest BCUT2D eigenvalue weighted by Gasteiger charge is -2.14. The molecule has 1 N–H and O–H groups in total. The van der Waals surface area contributed by atoms with Gasteiger partial charge in [0, 0.05) is 32.4 Å². The van der Waals surface area contributed by atoms with E-state index in [0.717, 1.165) is 21.8 Å². The van der Waals surface area contributed by atoms with E-state index in [2.05, 4.69) is 20.3 Å². The second-order valence-corrected chi connectivity index (χ2v) is 8.11. The summed E-state index contributed by atoms with van der Waals surface area (Å²) in [6.45, 7) is 5.92. The van der Waals surface area contributed by atoms with Crippen molar-refractivity contribution in [2.45, 2.75) is 27.3 Å². The maximum Gasteiger partial charge on any atom is 0.263 e. The van der Waals surface area contributed by atoms with Gasteiger partial charge in [0.25, 0.3) is 11.8 Å². The van der Waals surface area contributed by atoms with Crippen LogP contribution in [-0.4, -0.2) is 45.8 Å². The fourth-order valence-electron chi connectivity index (χ4n) is 2.87. The highest BCUT2D eigenvalue weighted by Crippen LogP contribution is 2.23. The molecule has 0 spiro atoms. The fraction of sp³-hybridized carbons (Fsp3) is 0.286. The van der Waals surface area contributed by atoms with E-state index < -0.39 is 0 Å². The molecule has 0 saturated heterocycles. The maximum absolute atomic E-state index is 12.5. The molecule has 0 bridgehead atoms. The Kier molecular flexibility index (Phi) is 6.03. The van der Waals surface area contributed by atoms with Crippen LogP contribution in [0.25, 0.3) is 11.3 Å². The van der Waals surface area contributed by atoms with E-state index in [1.54, 1.807) is 27.2 Å². The predicted octanol–water partition coefficient (Wildman–Crippen LogP) is 3.16. The standard InChI is InChI=1S/C21H23N5O2S/c1-12-19(29-14(3)24-12)20(27)23-10-15-6-8-16(9-7-15)18-17(21(28)26(4)5)11-22-13(2)25-18/h6-9,11H,10H2,1-5H3,(H,23,27). The zero-order valence-corrected chi connectivity index (χ0v) is 17.9. The molecule has 0 aliphatic rings. The average Bonchev–Trinajstić information content (AvgIpc) is 3.04. The van der Waals surface area contributed by atoms with Crippen LogP contribution in [0.4, 0.5) is 0 Å². The Morgan fingerprint density at radius 3 is 2.34 bits per heavy atom. The van der Waals surface area contributed by atoms with E-state index in [9.17, 15) is 9.59 Å². The van der Waals surface area contributed by atoms with Gasteiger partial charge in [-0.15, -0.1) is 11.3 Å². The van der Waals surface area contributed by atoms with Crippen molar-refractivity contribution in [2.24, 2.45) is 0 Å². The third-order valence-electron chi connectivity index (χ3n) is 4.34. The summed E-state index contributed by atoms with van der Waals surface area (Å²) in [5, 5.41) is 3.80. The molecule has 2 heterocycles. The minimum Gasteiger partial charge on any atom is -0.347 e. The van der Waals surface area contributed by atoms with Crippen LogP contribution in [0.1, 0.15) is 42.1 Å². The Bertz CT molecular complexity index is 1060. The molecule has 2 amide bonds. The normalized spacial score (nSPS) is 10.7. The molecule has 0 aliphatic heterocycles. The summed E-state index contributed by atoms with van der Waals surface area (Å²) < 4.78 is 0. The van der Waals surface area contributed by atoms with Crippen molar-refractivity contribution in [3.63, 3.8) is 0 Å². The fourth-order valence-corrected chi connectivity index (χ4v) is 3.71. The number of aryl methyl sites for hydroxylation is 3. The number of rotatable bonds is 5. The number of hydrogen-bond donors (Lipinski definition) is 1. The van der Waals surface area contributed by atoms with Gasteiger partial charge in [0.15, 0.2) is 0 Å². The summed E-state index contributed by atoms with van der Waals surface area (Å²) >= 11 is 1.39. The molecule has 0 saturated carbocycles. The summed E-state index contributed by atoms with van der Waals surface area (Å²) in [6.07, 6.45) is 1.56. The van der Waals surface area contributed by atoms with Gasteiger partial charge in [0.1, 0.15) is 10.7 Å². The first-order chi connectivity index (χ1) is 13.8. The third-order valence-corrected chi connectivity index (χ3v) is 5.41. The Labute approximate surface area is 173 Å². The molecule has 8 heteroatoms. The van der Waals surface area contributed by atoms with E-state index in [1.165, 1.54) is 16.2 Å². The molecule has 150 valence electrons. The van der Waals surface area contributed by atoms with Gasteiger partial charge in [0.05, 0.1) is 22.0 Å². The van der Waals surface area contributed by atoms with E-state index in [-0.39, 0.29) is 11.8 Å². The maximum atomic E-state index is 12.5. The molecule has 1 aromatic carbocycles. The first-order valence-corrected chi connectivity index (χ1v) is 9.94. The molecule has 0 unspecified atom stereocenters. The molecule has 0 aliphatic carbocycles. The van der Waals surface area contributed by atoms with Gasteiger partial charge in [-0.3, -0.25) is 9.59 Å². The minimum absolute atomic E-state index is 0.123. The molecular weight excluding hydrogens is 386 g/mol. The molecule has 29 heavy (non-hydrogen) atoms. The number of nitrogens with one attached hydrogen (secondary N) is 1. The van der Waals surface area contributed by atoms with Crippen LogP contribution in [0.5, 0.6) is 0 Å². The molecule has 7 nitrogen and oxygen atoms in total. The van der Waals surface area contributed by atoms with Gasteiger partial charge < -0.3 is 10.2 Å². The number of nitrogens with zero attached hydrogens (tertiary/aromatic N) is 4. The number of aromatic nitrogens is 3. The largest absolute Gasteiger partial charge is 0.347 e. The Balaban J connectivity index is 1.77. The van der Waals surface area contributed by atoms with Crippen molar-refractivity contribution in [3.05, 3.63) is 63.0 Å². The molecular formula is C21H23N5O2S. The number of thiazole rings is 1.